The summed E-state index contributed by atoms with van der Waals surface area (Å²) in [7, 11) is 0. The van der Waals surface area contributed by atoms with E-state index in [1.165, 1.54) is 205 Å². The Morgan fingerprint density at radius 2 is 0.527 bits per heavy atom. The molecule has 74 heavy (non-hydrogen) atoms. The molecular formula is C68H122O6. The van der Waals surface area contributed by atoms with Crippen LogP contribution in [-0.4, -0.2) is 37.2 Å². The molecule has 0 spiro atoms. The molecule has 0 aliphatic carbocycles. The van der Waals surface area contributed by atoms with Crippen LogP contribution < -0.4 is 0 Å². The highest BCUT2D eigenvalue weighted by Crippen LogP contribution is 2.17. The molecule has 0 saturated carbocycles. The van der Waals surface area contributed by atoms with Gasteiger partial charge in [-0.2, -0.15) is 0 Å². The molecule has 0 fully saturated rings. The van der Waals surface area contributed by atoms with Gasteiger partial charge in [-0.05, 0) is 83.5 Å². The second kappa shape index (κ2) is 62.6. The van der Waals surface area contributed by atoms with Gasteiger partial charge in [0.15, 0.2) is 6.10 Å². The Bertz CT molecular complexity index is 1330. The SMILES string of the molecule is CC/C=C\C/C=C\C/C=C\CCCCCC(=O)OC(COC(=O)CCCCCCCCCCCCCC)COC(=O)CCCCCCCCCCCCCCCCCCCCC/C=C\C/C=C\CCCCCCC. The Kier molecular flexibility index (Phi) is 60.2. The molecule has 0 bridgehead atoms. The first-order valence-corrected chi connectivity index (χ1v) is 32.3. The Balaban J connectivity index is 4.10. The van der Waals surface area contributed by atoms with Gasteiger partial charge in [-0.3, -0.25) is 14.4 Å². The molecule has 1 atom stereocenters. The Hall–Kier alpha value is -2.89. The minimum Gasteiger partial charge on any atom is -0.462 e. The highest BCUT2D eigenvalue weighted by Gasteiger charge is 2.19. The Morgan fingerprint density at radius 3 is 0.838 bits per heavy atom. The molecule has 0 saturated heterocycles. The van der Waals surface area contributed by atoms with E-state index in [0.29, 0.717) is 19.3 Å². The fourth-order valence-electron chi connectivity index (χ4n) is 9.43. The van der Waals surface area contributed by atoms with Gasteiger partial charge in [-0.15, -0.1) is 0 Å². The van der Waals surface area contributed by atoms with Gasteiger partial charge in [0.25, 0.3) is 0 Å². The molecule has 430 valence electrons. The number of rotatable bonds is 59. The van der Waals surface area contributed by atoms with E-state index in [0.717, 1.165) is 89.9 Å². The van der Waals surface area contributed by atoms with Crippen LogP contribution in [0.2, 0.25) is 0 Å². The molecule has 0 radical (unpaired) electrons. The summed E-state index contributed by atoms with van der Waals surface area (Å²) in [5.41, 5.74) is 0. The van der Waals surface area contributed by atoms with Crippen molar-refractivity contribution >= 4 is 17.9 Å². The maximum absolute atomic E-state index is 12.8. The first-order valence-electron chi connectivity index (χ1n) is 32.3. The van der Waals surface area contributed by atoms with E-state index < -0.39 is 6.10 Å². The highest BCUT2D eigenvalue weighted by atomic mass is 16.6. The van der Waals surface area contributed by atoms with Crippen LogP contribution in [0.1, 0.15) is 335 Å². The maximum atomic E-state index is 12.8. The van der Waals surface area contributed by atoms with E-state index in [1.807, 2.05) is 0 Å². The molecule has 0 N–H and O–H groups in total. The fraction of sp³-hybridized carbons (Fsp3) is 0.809. The molecule has 6 heteroatoms. The first-order chi connectivity index (χ1) is 36.5. The van der Waals surface area contributed by atoms with Gasteiger partial charge in [0, 0.05) is 19.3 Å². The lowest BCUT2D eigenvalue weighted by atomic mass is 10.0. The highest BCUT2D eigenvalue weighted by molar-refractivity contribution is 5.71. The van der Waals surface area contributed by atoms with Crippen LogP contribution in [-0.2, 0) is 28.6 Å². The second-order valence-electron chi connectivity index (χ2n) is 21.6. The van der Waals surface area contributed by atoms with E-state index >= 15 is 0 Å². The number of allylic oxidation sites excluding steroid dienone is 10. The zero-order valence-electron chi connectivity index (χ0n) is 49.4. The quantitative estimate of drug-likeness (QED) is 0.0261. The predicted octanol–water partition coefficient (Wildman–Crippen LogP) is 21.9. The number of carbonyl (C=O) groups excluding carboxylic acids is 3. The summed E-state index contributed by atoms with van der Waals surface area (Å²) in [6.07, 6.45) is 79.7. The molecule has 0 amide bonds. The van der Waals surface area contributed by atoms with Crippen molar-refractivity contribution in [3.63, 3.8) is 0 Å². The summed E-state index contributed by atoms with van der Waals surface area (Å²) in [4.78, 5) is 38.2. The molecule has 0 aliphatic rings. The van der Waals surface area contributed by atoms with Gasteiger partial charge in [-0.25, -0.2) is 0 Å². The van der Waals surface area contributed by atoms with Crippen LogP contribution >= 0.6 is 0 Å². The summed E-state index contributed by atoms with van der Waals surface area (Å²) in [6.45, 7) is 6.52. The Labute approximate surface area is 460 Å². The van der Waals surface area contributed by atoms with Crippen molar-refractivity contribution in [1.82, 2.24) is 0 Å². The average Bonchev–Trinajstić information content (AvgIpc) is 3.40. The first kappa shape index (κ1) is 71.1. The summed E-state index contributed by atoms with van der Waals surface area (Å²) < 4.78 is 16.9. The lowest BCUT2D eigenvalue weighted by Crippen LogP contribution is -2.30. The van der Waals surface area contributed by atoms with Crippen molar-refractivity contribution in [2.24, 2.45) is 0 Å². The smallest absolute Gasteiger partial charge is 0.306 e. The van der Waals surface area contributed by atoms with Crippen LogP contribution in [0.15, 0.2) is 60.8 Å². The topological polar surface area (TPSA) is 78.9 Å². The zero-order valence-corrected chi connectivity index (χ0v) is 49.4. The minimum atomic E-state index is -0.786. The van der Waals surface area contributed by atoms with Gasteiger partial charge < -0.3 is 14.2 Å². The van der Waals surface area contributed by atoms with E-state index in [2.05, 4.69) is 81.5 Å². The van der Waals surface area contributed by atoms with E-state index in [-0.39, 0.29) is 31.1 Å². The third kappa shape index (κ3) is 60.0. The summed E-state index contributed by atoms with van der Waals surface area (Å²) in [5.74, 6) is -0.896. The number of ether oxygens (including phenoxy) is 3. The zero-order chi connectivity index (χ0) is 53.6. The number of unbranched alkanes of at least 4 members (excludes halogenated alkanes) is 38. The summed E-state index contributed by atoms with van der Waals surface area (Å²) in [5, 5.41) is 0. The van der Waals surface area contributed by atoms with Gasteiger partial charge in [0.2, 0.25) is 0 Å². The second-order valence-corrected chi connectivity index (χ2v) is 21.6. The molecule has 6 nitrogen and oxygen atoms in total. The fourth-order valence-corrected chi connectivity index (χ4v) is 9.43. The van der Waals surface area contributed by atoms with Gasteiger partial charge in [0.1, 0.15) is 13.2 Å². The lowest BCUT2D eigenvalue weighted by molar-refractivity contribution is -0.167. The normalized spacial score (nSPS) is 12.4. The average molecular weight is 1040 g/mol. The van der Waals surface area contributed by atoms with Crippen molar-refractivity contribution < 1.29 is 28.6 Å². The number of hydrogen-bond donors (Lipinski definition) is 0. The predicted molar refractivity (Wildman–Crippen MR) is 321 cm³/mol. The van der Waals surface area contributed by atoms with Crippen LogP contribution in [0.4, 0.5) is 0 Å². The third-order valence-electron chi connectivity index (χ3n) is 14.3. The molecule has 1 unspecified atom stereocenters. The molecule has 0 aromatic rings. The molecule has 0 aromatic heterocycles. The van der Waals surface area contributed by atoms with E-state index in [1.54, 1.807) is 0 Å². The molecule has 0 heterocycles. The molecule has 0 aliphatic heterocycles. The molecular weight excluding hydrogens is 913 g/mol. The number of esters is 3. The van der Waals surface area contributed by atoms with Crippen LogP contribution in [0.5, 0.6) is 0 Å². The Morgan fingerprint density at radius 1 is 0.284 bits per heavy atom. The van der Waals surface area contributed by atoms with Crippen molar-refractivity contribution in [2.45, 2.75) is 341 Å². The largest absolute Gasteiger partial charge is 0.462 e. The van der Waals surface area contributed by atoms with E-state index in [4.69, 9.17) is 14.2 Å². The van der Waals surface area contributed by atoms with Crippen molar-refractivity contribution in [3.8, 4) is 0 Å². The summed E-state index contributed by atoms with van der Waals surface area (Å²) in [6, 6.07) is 0. The maximum Gasteiger partial charge on any atom is 0.306 e. The summed E-state index contributed by atoms with van der Waals surface area (Å²) >= 11 is 0. The van der Waals surface area contributed by atoms with Crippen LogP contribution in [0, 0.1) is 0 Å². The van der Waals surface area contributed by atoms with Gasteiger partial charge in [-0.1, -0.05) is 293 Å². The number of hydrogen-bond acceptors (Lipinski definition) is 6. The van der Waals surface area contributed by atoms with Gasteiger partial charge in [0.05, 0.1) is 0 Å². The van der Waals surface area contributed by atoms with Crippen LogP contribution in [0.3, 0.4) is 0 Å². The van der Waals surface area contributed by atoms with Crippen molar-refractivity contribution in [1.29, 1.82) is 0 Å². The molecule has 0 aromatic carbocycles. The minimum absolute atomic E-state index is 0.0819. The standard InChI is InChI=1S/C68H122O6/c1-4-7-10-13-16-19-22-25-26-27-28-29-30-31-32-33-34-35-36-37-38-39-40-41-42-44-46-49-52-55-58-61-67(70)73-64-65(63-72-66(69)60-57-54-51-48-45-24-21-18-15-12-9-6-3)74-68(71)62-59-56-53-50-47-43-23-20-17-14-11-8-5-2/h8,11,17,20,22,25,27-28,43,47,65H,4-7,9-10,12-16,18-19,21,23-24,26,29-42,44-46,48-64H2,1-3H3/b11-8-,20-17-,25-22-,28-27-,47-43-. The van der Waals surface area contributed by atoms with E-state index in [9.17, 15) is 14.4 Å². The molecule has 0 rings (SSSR count). The lowest BCUT2D eigenvalue weighted by Gasteiger charge is -2.18. The third-order valence-corrected chi connectivity index (χ3v) is 14.3. The van der Waals surface area contributed by atoms with Crippen molar-refractivity contribution in [3.05, 3.63) is 60.8 Å². The monoisotopic (exact) mass is 1030 g/mol. The van der Waals surface area contributed by atoms with Crippen LogP contribution in [0.25, 0.3) is 0 Å². The number of carbonyl (C=O) groups is 3. The van der Waals surface area contributed by atoms with Gasteiger partial charge >= 0.3 is 17.9 Å². The van der Waals surface area contributed by atoms with Crippen molar-refractivity contribution in [2.75, 3.05) is 13.2 Å².